The fourth-order valence-corrected chi connectivity index (χ4v) is 1.85. The predicted octanol–water partition coefficient (Wildman–Crippen LogP) is 1.37. The maximum atomic E-state index is 14.1. The van der Waals surface area contributed by atoms with Gasteiger partial charge in [-0.2, -0.15) is 5.10 Å². The summed E-state index contributed by atoms with van der Waals surface area (Å²) in [4.78, 5) is 11.7. The van der Waals surface area contributed by atoms with Crippen LogP contribution < -0.4 is 11.3 Å². The van der Waals surface area contributed by atoms with Crippen LogP contribution in [0.15, 0.2) is 35.3 Å². The fraction of sp³-hybridized carbons (Fsp3) is 0.154. The van der Waals surface area contributed by atoms with Gasteiger partial charge in [0.25, 0.3) is 5.56 Å². The molecule has 6 heteroatoms. The second-order valence-corrected chi connectivity index (χ2v) is 4.61. The lowest BCUT2D eigenvalue weighted by atomic mass is 10.1. The van der Waals surface area contributed by atoms with Crippen LogP contribution in [0.3, 0.4) is 0 Å². The Morgan fingerprint density at radius 1 is 1.53 bits per heavy atom. The number of benzene rings is 1. The summed E-state index contributed by atoms with van der Waals surface area (Å²) >= 11 is 4.77. The molecule has 98 valence electrons. The number of hydrogen-bond acceptors (Lipinski definition) is 3. The van der Waals surface area contributed by atoms with E-state index in [-0.39, 0.29) is 22.7 Å². The highest BCUT2D eigenvalue weighted by molar-refractivity contribution is 7.80. The molecule has 0 radical (unpaired) electrons. The normalized spacial score (nSPS) is 10.4. The molecule has 1 heterocycles. The SMILES string of the molecule is Cc1cnn(Cc2cccc(C(N)=S)c2F)c(=O)c1. The molecule has 0 saturated carbocycles. The largest absolute Gasteiger partial charge is 0.389 e. The van der Waals surface area contributed by atoms with Gasteiger partial charge in [-0.1, -0.05) is 24.4 Å². The number of nitrogens with zero attached hydrogens (tertiary/aromatic N) is 2. The summed E-state index contributed by atoms with van der Waals surface area (Å²) in [5.41, 5.74) is 6.42. The Kier molecular flexibility index (Phi) is 3.71. The Labute approximate surface area is 114 Å². The van der Waals surface area contributed by atoms with Crippen LogP contribution in [0.5, 0.6) is 0 Å². The number of nitrogens with two attached hydrogens (primary N) is 1. The monoisotopic (exact) mass is 277 g/mol. The van der Waals surface area contributed by atoms with Gasteiger partial charge in [-0.25, -0.2) is 9.07 Å². The first kappa shape index (κ1) is 13.4. The van der Waals surface area contributed by atoms with Gasteiger partial charge in [-0.05, 0) is 18.6 Å². The molecule has 0 aliphatic heterocycles. The van der Waals surface area contributed by atoms with Gasteiger partial charge in [-0.3, -0.25) is 4.79 Å². The molecule has 4 nitrogen and oxygen atoms in total. The third kappa shape index (κ3) is 2.85. The maximum absolute atomic E-state index is 14.1. The highest BCUT2D eigenvalue weighted by Crippen LogP contribution is 2.13. The quantitative estimate of drug-likeness (QED) is 0.861. The summed E-state index contributed by atoms with van der Waals surface area (Å²) in [6.45, 7) is 1.81. The summed E-state index contributed by atoms with van der Waals surface area (Å²) in [7, 11) is 0. The van der Waals surface area contributed by atoms with E-state index in [1.807, 2.05) is 0 Å². The van der Waals surface area contributed by atoms with Crippen LogP contribution in [-0.2, 0) is 6.54 Å². The van der Waals surface area contributed by atoms with Gasteiger partial charge < -0.3 is 5.73 Å². The van der Waals surface area contributed by atoms with Crippen molar-refractivity contribution in [1.29, 1.82) is 0 Å². The minimum absolute atomic E-state index is 0.0106. The molecule has 0 fully saturated rings. The van der Waals surface area contributed by atoms with Crippen molar-refractivity contribution in [2.45, 2.75) is 13.5 Å². The first-order valence-electron chi connectivity index (χ1n) is 5.60. The van der Waals surface area contributed by atoms with E-state index in [1.165, 1.54) is 16.8 Å². The van der Waals surface area contributed by atoms with Crippen molar-refractivity contribution in [2.75, 3.05) is 0 Å². The molecule has 0 amide bonds. The molecule has 0 unspecified atom stereocenters. The molecule has 2 aromatic rings. The van der Waals surface area contributed by atoms with E-state index >= 15 is 0 Å². The average molecular weight is 277 g/mol. The lowest BCUT2D eigenvalue weighted by Gasteiger charge is -2.08. The zero-order valence-electron chi connectivity index (χ0n) is 10.3. The van der Waals surface area contributed by atoms with E-state index in [1.54, 1.807) is 25.3 Å². The molecule has 0 bridgehead atoms. The number of aryl methyl sites for hydroxylation is 1. The van der Waals surface area contributed by atoms with Crippen molar-refractivity contribution >= 4 is 17.2 Å². The number of thiocarbonyl (C=S) groups is 1. The van der Waals surface area contributed by atoms with E-state index in [0.29, 0.717) is 5.56 Å². The van der Waals surface area contributed by atoms with Gasteiger partial charge in [0.1, 0.15) is 10.8 Å². The molecule has 2 rings (SSSR count). The van der Waals surface area contributed by atoms with Crippen molar-refractivity contribution < 1.29 is 4.39 Å². The lowest BCUT2D eigenvalue weighted by molar-refractivity contribution is 0.570. The molecule has 2 N–H and O–H groups in total. The third-order valence-corrected chi connectivity index (χ3v) is 2.89. The number of hydrogen-bond donors (Lipinski definition) is 1. The summed E-state index contributed by atoms with van der Waals surface area (Å²) in [6.07, 6.45) is 1.55. The van der Waals surface area contributed by atoms with E-state index in [0.717, 1.165) is 5.56 Å². The van der Waals surface area contributed by atoms with Crippen molar-refractivity contribution in [3.8, 4) is 0 Å². The van der Waals surface area contributed by atoms with Gasteiger partial charge in [-0.15, -0.1) is 0 Å². The first-order valence-corrected chi connectivity index (χ1v) is 6.01. The standard InChI is InChI=1S/C13H12FN3OS/c1-8-5-11(18)17(16-6-8)7-9-3-2-4-10(12(9)14)13(15)19/h2-6H,7H2,1H3,(H2,15,19). The van der Waals surface area contributed by atoms with Gasteiger partial charge >= 0.3 is 0 Å². The Bertz CT molecular complexity index is 697. The number of halogens is 1. The highest BCUT2D eigenvalue weighted by atomic mass is 32.1. The van der Waals surface area contributed by atoms with Gasteiger partial charge in [0.05, 0.1) is 12.7 Å². The molecule has 19 heavy (non-hydrogen) atoms. The summed E-state index contributed by atoms with van der Waals surface area (Å²) in [6, 6.07) is 6.17. The van der Waals surface area contributed by atoms with Crippen LogP contribution in [0.1, 0.15) is 16.7 Å². The zero-order valence-corrected chi connectivity index (χ0v) is 11.1. The van der Waals surface area contributed by atoms with E-state index in [4.69, 9.17) is 18.0 Å². The molecule has 0 aliphatic carbocycles. The van der Waals surface area contributed by atoms with Crippen LogP contribution in [-0.4, -0.2) is 14.8 Å². The van der Waals surface area contributed by atoms with E-state index < -0.39 is 5.82 Å². The second-order valence-electron chi connectivity index (χ2n) is 4.17. The van der Waals surface area contributed by atoms with Crippen molar-refractivity contribution in [1.82, 2.24) is 9.78 Å². The molecule has 0 atom stereocenters. The Morgan fingerprint density at radius 3 is 2.89 bits per heavy atom. The van der Waals surface area contributed by atoms with Crippen molar-refractivity contribution in [3.63, 3.8) is 0 Å². The van der Waals surface area contributed by atoms with Crippen LogP contribution >= 0.6 is 12.2 Å². The van der Waals surface area contributed by atoms with Crippen molar-refractivity contribution in [2.24, 2.45) is 5.73 Å². The molecular formula is C13H12FN3OS. The fourth-order valence-electron chi connectivity index (χ4n) is 1.70. The predicted molar refractivity (Wildman–Crippen MR) is 74.6 cm³/mol. The Balaban J connectivity index is 2.41. The number of aromatic nitrogens is 2. The Morgan fingerprint density at radius 2 is 2.26 bits per heavy atom. The third-order valence-electron chi connectivity index (χ3n) is 2.67. The molecule has 0 aliphatic rings. The minimum atomic E-state index is -0.510. The van der Waals surface area contributed by atoms with Gasteiger partial charge in [0.2, 0.25) is 0 Å². The molecule has 0 spiro atoms. The van der Waals surface area contributed by atoms with Crippen LogP contribution in [0.25, 0.3) is 0 Å². The maximum Gasteiger partial charge on any atom is 0.267 e. The minimum Gasteiger partial charge on any atom is -0.389 e. The van der Waals surface area contributed by atoms with Crippen molar-refractivity contribution in [3.05, 3.63) is 63.3 Å². The van der Waals surface area contributed by atoms with E-state index in [9.17, 15) is 9.18 Å². The number of rotatable bonds is 3. The summed E-state index contributed by atoms with van der Waals surface area (Å²) < 4.78 is 15.3. The topological polar surface area (TPSA) is 60.9 Å². The molecular weight excluding hydrogens is 265 g/mol. The summed E-state index contributed by atoms with van der Waals surface area (Å²) in [5.74, 6) is -0.510. The average Bonchev–Trinajstić information content (AvgIpc) is 2.34. The Hall–Kier alpha value is -2.08. The summed E-state index contributed by atoms with van der Waals surface area (Å²) in [5, 5.41) is 3.96. The first-order chi connectivity index (χ1) is 8.99. The van der Waals surface area contributed by atoms with Crippen LogP contribution in [0.4, 0.5) is 4.39 Å². The van der Waals surface area contributed by atoms with Gasteiger partial charge in [0.15, 0.2) is 0 Å². The molecule has 1 aromatic carbocycles. The lowest BCUT2D eigenvalue weighted by Crippen LogP contribution is -2.23. The zero-order chi connectivity index (χ0) is 14.0. The van der Waals surface area contributed by atoms with Crippen LogP contribution in [0, 0.1) is 12.7 Å². The second kappa shape index (κ2) is 5.27. The van der Waals surface area contributed by atoms with E-state index in [2.05, 4.69) is 5.10 Å². The van der Waals surface area contributed by atoms with Gasteiger partial charge in [0, 0.05) is 17.2 Å². The smallest absolute Gasteiger partial charge is 0.267 e. The van der Waals surface area contributed by atoms with Crippen LogP contribution in [0.2, 0.25) is 0 Å². The molecule has 1 aromatic heterocycles. The highest BCUT2D eigenvalue weighted by Gasteiger charge is 2.11. The molecule has 0 saturated heterocycles.